The average molecular weight is 780 g/mol. The molecule has 0 aliphatic carbocycles. The Bertz CT molecular complexity index is 3490. The van der Waals surface area contributed by atoms with E-state index in [1.54, 1.807) is 0 Å². The van der Waals surface area contributed by atoms with Gasteiger partial charge in [-0.2, -0.15) is 0 Å². The molecule has 0 spiro atoms. The molecule has 0 aliphatic rings. The quantitative estimate of drug-likeness (QED) is 0.152. The highest BCUT2D eigenvalue weighted by atomic mass is 32.1. The van der Waals surface area contributed by atoms with Crippen LogP contribution in [0.3, 0.4) is 0 Å². The maximum atomic E-state index is 2.39. The molecule has 0 atom stereocenters. The summed E-state index contributed by atoms with van der Waals surface area (Å²) in [6.07, 6.45) is 0. The minimum absolute atomic E-state index is 1.12. The summed E-state index contributed by atoms with van der Waals surface area (Å²) in [6, 6.07) is 82.3. The van der Waals surface area contributed by atoms with E-state index in [0.29, 0.717) is 0 Å². The molecule has 0 fully saturated rings. The van der Waals surface area contributed by atoms with Gasteiger partial charge in [0.1, 0.15) is 0 Å². The predicted molar refractivity (Wildman–Crippen MR) is 260 cm³/mol. The topological polar surface area (TPSA) is 3.24 Å². The average Bonchev–Trinajstić information content (AvgIpc) is 3.72. The van der Waals surface area contributed by atoms with Gasteiger partial charge in [0.05, 0.1) is 0 Å². The molecule has 0 unspecified atom stereocenters. The third kappa shape index (κ3) is 5.53. The first kappa shape index (κ1) is 34.5. The molecule has 60 heavy (non-hydrogen) atoms. The number of para-hydroxylation sites is 2. The summed E-state index contributed by atoms with van der Waals surface area (Å²) in [5.41, 5.74) is 10.7. The summed E-state index contributed by atoms with van der Waals surface area (Å²) in [5.74, 6) is 0. The maximum absolute atomic E-state index is 2.39. The third-order valence-corrected chi connectivity index (χ3v) is 13.4. The van der Waals surface area contributed by atoms with E-state index >= 15 is 0 Å². The van der Waals surface area contributed by atoms with Crippen LogP contribution in [0.2, 0.25) is 0 Å². The van der Waals surface area contributed by atoms with Crippen molar-refractivity contribution >= 4 is 91.7 Å². The Morgan fingerprint density at radius 1 is 0.267 bits per heavy atom. The van der Waals surface area contributed by atoms with E-state index in [2.05, 4.69) is 229 Å². The van der Waals surface area contributed by atoms with Gasteiger partial charge in [-0.05, 0) is 120 Å². The number of hydrogen-bond acceptors (Lipinski definition) is 2. The van der Waals surface area contributed by atoms with Crippen LogP contribution in [0.15, 0.2) is 224 Å². The fourth-order valence-electron chi connectivity index (χ4n) is 9.53. The molecule has 0 radical (unpaired) electrons. The highest BCUT2D eigenvalue weighted by molar-refractivity contribution is 7.26. The molecule has 0 saturated carbocycles. The number of anilines is 3. The molecule has 1 heterocycles. The number of hydrogen-bond donors (Lipinski definition) is 0. The fourth-order valence-corrected chi connectivity index (χ4v) is 10.8. The van der Waals surface area contributed by atoms with Crippen molar-refractivity contribution in [2.24, 2.45) is 0 Å². The molecule has 1 aromatic heterocycles. The lowest BCUT2D eigenvalue weighted by Crippen LogP contribution is -2.09. The van der Waals surface area contributed by atoms with E-state index in [1.165, 1.54) is 96.6 Å². The van der Waals surface area contributed by atoms with Gasteiger partial charge >= 0.3 is 0 Å². The van der Waals surface area contributed by atoms with Crippen LogP contribution in [0.4, 0.5) is 17.1 Å². The van der Waals surface area contributed by atoms with Crippen molar-refractivity contribution in [1.82, 2.24) is 0 Å². The minimum Gasteiger partial charge on any atom is -0.311 e. The Morgan fingerprint density at radius 2 is 0.683 bits per heavy atom. The molecular formula is C58H37NS. The van der Waals surface area contributed by atoms with Crippen LogP contribution in [0.5, 0.6) is 0 Å². The van der Waals surface area contributed by atoms with Crippen LogP contribution in [-0.4, -0.2) is 0 Å². The Morgan fingerprint density at radius 3 is 1.30 bits per heavy atom. The molecule has 1 nitrogen and oxygen atoms in total. The maximum Gasteiger partial charge on any atom is 0.0462 e. The standard InChI is InChI=1S/C58H37NS/c1-3-15-42(16-4-1)59(43-17-5-2-6-18-43)44-34-31-39(32-35-44)55-50-23-11-12-24-51(50)58-57(52-25-13-14-26-54(52)60-58)56(55)40-29-27-38(28-30-40)41-33-36-49-47-21-8-7-19-45(47)46-20-9-10-22-48(46)53(49)37-41/h1-37H. The van der Waals surface area contributed by atoms with E-state index in [1.807, 2.05) is 11.3 Å². The first-order valence-electron chi connectivity index (χ1n) is 20.6. The highest BCUT2D eigenvalue weighted by Gasteiger charge is 2.22. The van der Waals surface area contributed by atoms with Gasteiger partial charge in [0.15, 0.2) is 0 Å². The molecule has 0 bridgehead atoms. The Hall–Kier alpha value is -7.52. The molecule has 2 heteroatoms. The lowest BCUT2D eigenvalue weighted by Gasteiger charge is -2.26. The third-order valence-electron chi connectivity index (χ3n) is 12.2. The van der Waals surface area contributed by atoms with E-state index in [4.69, 9.17) is 0 Å². The summed E-state index contributed by atoms with van der Waals surface area (Å²) in [7, 11) is 0. The number of rotatable bonds is 6. The van der Waals surface area contributed by atoms with Gasteiger partial charge in [0.2, 0.25) is 0 Å². The van der Waals surface area contributed by atoms with Crippen LogP contribution in [0, 0.1) is 0 Å². The van der Waals surface area contributed by atoms with Crippen molar-refractivity contribution in [2.75, 3.05) is 4.90 Å². The Kier molecular flexibility index (Phi) is 8.11. The van der Waals surface area contributed by atoms with Crippen molar-refractivity contribution in [2.45, 2.75) is 0 Å². The molecule has 280 valence electrons. The van der Waals surface area contributed by atoms with Crippen molar-refractivity contribution in [3.05, 3.63) is 224 Å². The van der Waals surface area contributed by atoms with Crippen LogP contribution in [0.25, 0.3) is 96.6 Å². The van der Waals surface area contributed by atoms with Gasteiger partial charge in [-0.3, -0.25) is 0 Å². The van der Waals surface area contributed by atoms with E-state index in [-0.39, 0.29) is 0 Å². The monoisotopic (exact) mass is 779 g/mol. The first-order valence-corrected chi connectivity index (χ1v) is 21.4. The highest BCUT2D eigenvalue weighted by Crippen LogP contribution is 2.50. The van der Waals surface area contributed by atoms with E-state index < -0.39 is 0 Å². The van der Waals surface area contributed by atoms with Crippen LogP contribution < -0.4 is 4.90 Å². The zero-order valence-corrected chi connectivity index (χ0v) is 33.5. The van der Waals surface area contributed by atoms with Gasteiger partial charge < -0.3 is 4.90 Å². The fraction of sp³-hybridized carbons (Fsp3) is 0. The summed E-state index contributed by atoms with van der Waals surface area (Å²) >= 11 is 1.90. The second-order valence-corrected chi connectivity index (χ2v) is 16.6. The number of fused-ring (bicyclic) bond motifs is 11. The SMILES string of the molecule is c1ccc(N(c2ccccc2)c2ccc(-c3c(-c4ccc(-c5ccc6c7ccccc7c7ccccc7c6c5)cc4)c4c5ccccc5sc4c4ccccc34)cc2)cc1. The van der Waals surface area contributed by atoms with E-state index in [0.717, 1.165) is 17.1 Å². The molecular weight excluding hydrogens is 743 g/mol. The second kappa shape index (κ2) is 14.1. The minimum atomic E-state index is 1.12. The summed E-state index contributed by atoms with van der Waals surface area (Å²) in [6.45, 7) is 0. The summed E-state index contributed by atoms with van der Waals surface area (Å²) in [5, 5.41) is 12.9. The molecule has 0 saturated heterocycles. The van der Waals surface area contributed by atoms with Crippen molar-refractivity contribution in [1.29, 1.82) is 0 Å². The lowest BCUT2D eigenvalue weighted by atomic mass is 9.86. The molecule has 11 aromatic carbocycles. The zero-order valence-electron chi connectivity index (χ0n) is 32.7. The van der Waals surface area contributed by atoms with Crippen LogP contribution in [0.1, 0.15) is 0 Å². The van der Waals surface area contributed by atoms with Crippen molar-refractivity contribution in [3.63, 3.8) is 0 Å². The molecule has 12 aromatic rings. The molecule has 0 aliphatic heterocycles. The van der Waals surface area contributed by atoms with Crippen molar-refractivity contribution < 1.29 is 0 Å². The van der Waals surface area contributed by atoms with Gasteiger partial charge in [-0.25, -0.2) is 0 Å². The largest absolute Gasteiger partial charge is 0.311 e. The van der Waals surface area contributed by atoms with Gasteiger partial charge in [-0.15, -0.1) is 11.3 Å². The van der Waals surface area contributed by atoms with Crippen LogP contribution in [-0.2, 0) is 0 Å². The van der Waals surface area contributed by atoms with Gasteiger partial charge in [-0.1, -0.05) is 176 Å². The molecule has 0 N–H and O–H groups in total. The number of benzene rings is 11. The second-order valence-electron chi connectivity index (χ2n) is 15.6. The number of nitrogens with zero attached hydrogens (tertiary/aromatic N) is 1. The summed E-state index contributed by atoms with van der Waals surface area (Å²) < 4.78 is 2.64. The van der Waals surface area contributed by atoms with Crippen LogP contribution >= 0.6 is 11.3 Å². The molecule has 12 rings (SSSR count). The molecule has 0 amide bonds. The zero-order chi connectivity index (χ0) is 39.6. The normalized spacial score (nSPS) is 11.7. The summed E-state index contributed by atoms with van der Waals surface area (Å²) in [4.78, 5) is 2.33. The Balaban J connectivity index is 1.05. The smallest absolute Gasteiger partial charge is 0.0462 e. The Labute approximate surface area is 352 Å². The lowest BCUT2D eigenvalue weighted by molar-refractivity contribution is 1.28. The van der Waals surface area contributed by atoms with Gasteiger partial charge in [0.25, 0.3) is 0 Å². The van der Waals surface area contributed by atoms with Crippen molar-refractivity contribution in [3.8, 4) is 33.4 Å². The van der Waals surface area contributed by atoms with E-state index in [9.17, 15) is 0 Å². The first-order chi connectivity index (χ1) is 29.8. The predicted octanol–water partition coefficient (Wildman–Crippen LogP) is 17.1. The number of thiophene rings is 1. The van der Waals surface area contributed by atoms with Gasteiger partial charge in [0, 0.05) is 42.6 Å².